The third kappa shape index (κ3) is 2.90. The molecule has 0 spiro atoms. The SMILES string of the molecule is NC(=O)CC(NC=O)c1ccccc1. The van der Waals surface area contributed by atoms with Crippen molar-refractivity contribution >= 4 is 12.3 Å². The van der Waals surface area contributed by atoms with Gasteiger partial charge in [-0.25, -0.2) is 0 Å². The first-order valence-electron chi connectivity index (χ1n) is 4.27. The summed E-state index contributed by atoms with van der Waals surface area (Å²) in [4.78, 5) is 21.0. The molecule has 1 aromatic carbocycles. The van der Waals surface area contributed by atoms with Gasteiger partial charge in [0.2, 0.25) is 12.3 Å². The van der Waals surface area contributed by atoms with E-state index in [1.165, 1.54) is 0 Å². The van der Waals surface area contributed by atoms with Gasteiger partial charge in [0, 0.05) is 0 Å². The smallest absolute Gasteiger partial charge is 0.219 e. The summed E-state index contributed by atoms with van der Waals surface area (Å²) in [5.74, 6) is -0.437. The van der Waals surface area contributed by atoms with Gasteiger partial charge in [-0.1, -0.05) is 30.3 Å². The summed E-state index contributed by atoms with van der Waals surface area (Å²) >= 11 is 0. The molecule has 0 radical (unpaired) electrons. The Kier molecular flexibility index (Phi) is 3.67. The summed E-state index contributed by atoms with van der Waals surface area (Å²) in [5, 5.41) is 2.55. The third-order valence-corrected chi connectivity index (χ3v) is 1.88. The zero-order valence-corrected chi connectivity index (χ0v) is 7.64. The molecule has 1 aromatic rings. The molecule has 3 N–H and O–H groups in total. The van der Waals surface area contributed by atoms with Gasteiger partial charge in [-0.2, -0.15) is 0 Å². The topological polar surface area (TPSA) is 72.2 Å². The molecule has 14 heavy (non-hydrogen) atoms. The molecule has 1 atom stereocenters. The Hall–Kier alpha value is -1.84. The highest BCUT2D eigenvalue weighted by atomic mass is 16.1. The molecular formula is C10H12N2O2. The number of hydrogen-bond acceptors (Lipinski definition) is 2. The second kappa shape index (κ2) is 5.01. The number of benzene rings is 1. The highest BCUT2D eigenvalue weighted by Gasteiger charge is 2.12. The van der Waals surface area contributed by atoms with Crippen LogP contribution in [0, 0.1) is 0 Å². The van der Waals surface area contributed by atoms with Crippen LogP contribution in [0.2, 0.25) is 0 Å². The Labute approximate surface area is 82.1 Å². The van der Waals surface area contributed by atoms with Crippen LogP contribution in [-0.4, -0.2) is 12.3 Å². The molecule has 0 heterocycles. The van der Waals surface area contributed by atoms with Crippen LogP contribution in [0.5, 0.6) is 0 Å². The first-order chi connectivity index (χ1) is 6.74. The first kappa shape index (κ1) is 10.2. The van der Waals surface area contributed by atoms with Gasteiger partial charge >= 0.3 is 0 Å². The van der Waals surface area contributed by atoms with E-state index in [0.29, 0.717) is 6.41 Å². The molecule has 2 amide bonds. The van der Waals surface area contributed by atoms with Crippen LogP contribution in [-0.2, 0) is 9.59 Å². The van der Waals surface area contributed by atoms with E-state index in [0.717, 1.165) is 5.56 Å². The normalized spacial score (nSPS) is 11.7. The highest BCUT2D eigenvalue weighted by Crippen LogP contribution is 2.14. The van der Waals surface area contributed by atoms with E-state index in [-0.39, 0.29) is 12.5 Å². The summed E-state index contributed by atoms with van der Waals surface area (Å²) in [5.41, 5.74) is 5.94. The molecule has 0 saturated carbocycles. The van der Waals surface area contributed by atoms with Crippen molar-refractivity contribution in [3.05, 3.63) is 35.9 Å². The fourth-order valence-corrected chi connectivity index (χ4v) is 1.24. The molecule has 0 aliphatic heterocycles. The van der Waals surface area contributed by atoms with E-state index in [1.54, 1.807) is 0 Å². The van der Waals surface area contributed by atoms with E-state index in [2.05, 4.69) is 5.32 Å². The van der Waals surface area contributed by atoms with E-state index in [1.807, 2.05) is 30.3 Å². The number of carbonyl (C=O) groups is 2. The summed E-state index contributed by atoms with van der Waals surface area (Å²) in [7, 11) is 0. The Morgan fingerprint density at radius 3 is 2.57 bits per heavy atom. The average Bonchev–Trinajstić information content (AvgIpc) is 2.18. The predicted octanol–water partition coefficient (Wildman–Crippen LogP) is 0.349. The third-order valence-electron chi connectivity index (χ3n) is 1.88. The van der Waals surface area contributed by atoms with Gasteiger partial charge in [0.05, 0.1) is 12.5 Å². The van der Waals surface area contributed by atoms with E-state index in [9.17, 15) is 9.59 Å². The minimum atomic E-state index is -0.437. The number of hydrogen-bond donors (Lipinski definition) is 2. The quantitative estimate of drug-likeness (QED) is 0.661. The van der Waals surface area contributed by atoms with Crippen molar-refractivity contribution in [1.82, 2.24) is 5.32 Å². The zero-order valence-electron chi connectivity index (χ0n) is 7.64. The minimum Gasteiger partial charge on any atom is -0.370 e. The van der Waals surface area contributed by atoms with Gasteiger partial charge in [0.15, 0.2) is 0 Å². The van der Waals surface area contributed by atoms with Gasteiger partial charge in [-0.3, -0.25) is 9.59 Å². The molecule has 0 fully saturated rings. The fourth-order valence-electron chi connectivity index (χ4n) is 1.24. The number of nitrogens with two attached hydrogens (primary N) is 1. The Morgan fingerprint density at radius 2 is 2.07 bits per heavy atom. The summed E-state index contributed by atoms with van der Waals surface area (Å²) in [6.07, 6.45) is 0.684. The molecule has 0 bridgehead atoms. The lowest BCUT2D eigenvalue weighted by Gasteiger charge is -2.14. The van der Waals surface area contributed by atoms with Crippen molar-refractivity contribution in [3.63, 3.8) is 0 Å². The van der Waals surface area contributed by atoms with Gasteiger partial charge in [-0.15, -0.1) is 0 Å². The summed E-state index contributed by atoms with van der Waals surface area (Å²) in [6, 6.07) is 8.90. The second-order valence-electron chi connectivity index (χ2n) is 2.92. The van der Waals surface area contributed by atoms with E-state index in [4.69, 9.17) is 5.73 Å². The van der Waals surface area contributed by atoms with Crippen LogP contribution in [0.3, 0.4) is 0 Å². The summed E-state index contributed by atoms with van der Waals surface area (Å²) < 4.78 is 0. The van der Waals surface area contributed by atoms with E-state index < -0.39 is 5.91 Å². The van der Waals surface area contributed by atoms with Crippen LogP contribution in [0.25, 0.3) is 0 Å². The van der Waals surface area contributed by atoms with Crippen molar-refractivity contribution in [3.8, 4) is 0 Å². The van der Waals surface area contributed by atoms with Crippen molar-refractivity contribution in [1.29, 1.82) is 0 Å². The van der Waals surface area contributed by atoms with Gasteiger partial charge in [0.1, 0.15) is 0 Å². The molecule has 1 rings (SSSR count). The highest BCUT2D eigenvalue weighted by molar-refractivity contribution is 5.75. The van der Waals surface area contributed by atoms with Gasteiger partial charge in [-0.05, 0) is 5.56 Å². The molecule has 1 unspecified atom stereocenters. The molecule has 74 valence electrons. The molecule has 0 saturated heterocycles. The molecular weight excluding hydrogens is 180 g/mol. The van der Waals surface area contributed by atoms with Crippen molar-refractivity contribution in [2.45, 2.75) is 12.5 Å². The zero-order chi connectivity index (χ0) is 10.4. The van der Waals surface area contributed by atoms with Crippen LogP contribution in [0.15, 0.2) is 30.3 Å². The number of carbonyl (C=O) groups excluding carboxylic acids is 2. The van der Waals surface area contributed by atoms with Gasteiger partial charge in [0.25, 0.3) is 0 Å². The van der Waals surface area contributed by atoms with Crippen LogP contribution in [0.4, 0.5) is 0 Å². The lowest BCUT2D eigenvalue weighted by atomic mass is 10.0. The van der Waals surface area contributed by atoms with Crippen molar-refractivity contribution < 1.29 is 9.59 Å². The maximum absolute atomic E-state index is 10.7. The molecule has 4 heteroatoms. The summed E-state index contributed by atoms with van der Waals surface area (Å²) in [6.45, 7) is 0. The van der Waals surface area contributed by atoms with Crippen molar-refractivity contribution in [2.75, 3.05) is 0 Å². The van der Waals surface area contributed by atoms with E-state index >= 15 is 0 Å². The molecule has 0 aromatic heterocycles. The van der Waals surface area contributed by atoms with Crippen LogP contribution in [0.1, 0.15) is 18.0 Å². The standard InChI is InChI=1S/C10H12N2O2/c11-10(14)6-9(12-7-13)8-4-2-1-3-5-8/h1-5,7,9H,6H2,(H2,11,14)(H,12,13). The Morgan fingerprint density at radius 1 is 1.43 bits per heavy atom. The Bertz CT molecular complexity index is 311. The minimum absolute atomic E-state index is 0.114. The number of nitrogens with one attached hydrogen (secondary N) is 1. The number of rotatable bonds is 5. The monoisotopic (exact) mass is 192 g/mol. The number of primary amides is 1. The lowest BCUT2D eigenvalue weighted by molar-refractivity contribution is -0.118. The Balaban J connectivity index is 2.77. The maximum atomic E-state index is 10.7. The molecule has 0 aliphatic carbocycles. The number of amides is 2. The maximum Gasteiger partial charge on any atom is 0.219 e. The average molecular weight is 192 g/mol. The largest absolute Gasteiger partial charge is 0.370 e. The molecule has 4 nitrogen and oxygen atoms in total. The lowest BCUT2D eigenvalue weighted by Crippen LogP contribution is -2.25. The fraction of sp³-hybridized carbons (Fsp3) is 0.200. The molecule has 0 aliphatic rings. The van der Waals surface area contributed by atoms with Crippen LogP contribution < -0.4 is 11.1 Å². The second-order valence-corrected chi connectivity index (χ2v) is 2.92. The van der Waals surface area contributed by atoms with Crippen LogP contribution >= 0.6 is 0 Å². The van der Waals surface area contributed by atoms with Crippen molar-refractivity contribution in [2.24, 2.45) is 5.73 Å². The first-order valence-corrected chi connectivity index (χ1v) is 4.27. The predicted molar refractivity (Wildman–Crippen MR) is 52.2 cm³/mol. The van der Waals surface area contributed by atoms with Gasteiger partial charge < -0.3 is 11.1 Å².